The average Bonchev–Trinajstić information content (AvgIpc) is 3.17. The Morgan fingerprint density at radius 3 is 2.50 bits per heavy atom. The van der Waals surface area contributed by atoms with E-state index in [0.717, 1.165) is 17.0 Å². The molecule has 0 unspecified atom stereocenters. The molecule has 0 N–H and O–H groups in total. The second-order valence-corrected chi connectivity index (χ2v) is 5.46. The van der Waals surface area contributed by atoms with E-state index in [1.807, 2.05) is 40.8 Å². The van der Waals surface area contributed by atoms with Crippen LogP contribution in [0, 0.1) is 0 Å². The molecule has 3 aromatic heterocycles. The number of rotatable bonds is 2. The highest BCUT2D eigenvalue weighted by atomic mass is 32.1. The van der Waals surface area contributed by atoms with Gasteiger partial charge in [0.2, 0.25) is 0 Å². The molecular weight excluding hydrogens is 266 g/mol. The zero-order valence-corrected chi connectivity index (χ0v) is 11.4. The Morgan fingerprint density at radius 1 is 0.800 bits per heavy atom. The molecule has 0 aliphatic rings. The minimum Gasteiger partial charge on any atom is -0.282 e. The third-order valence-electron chi connectivity index (χ3n) is 3.24. The summed E-state index contributed by atoms with van der Waals surface area (Å²) in [4.78, 5) is 1.25. The molecule has 96 valence electrons. The first-order chi connectivity index (χ1) is 9.92. The van der Waals surface area contributed by atoms with Gasteiger partial charge in [-0.2, -0.15) is 0 Å². The van der Waals surface area contributed by atoms with Crippen molar-refractivity contribution in [3.63, 3.8) is 0 Å². The highest BCUT2D eigenvalue weighted by Crippen LogP contribution is 2.26. The van der Waals surface area contributed by atoms with E-state index in [0.29, 0.717) is 0 Å². The van der Waals surface area contributed by atoms with E-state index in [-0.39, 0.29) is 0 Å². The molecular formula is C16H11N3S. The molecule has 3 nitrogen and oxygen atoms in total. The second-order valence-electron chi connectivity index (χ2n) is 4.51. The topological polar surface area (TPSA) is 30.2 Å². The SMILES string of the molecule is c1ccc(-c2nnc3ccc(-c4cccs4)cn23)cc1. The Kier molecular flexibility index (Phi) is 2.60. The molecule has 0 fully saturated rings. The van der Waals surface area contributed by atoms with Crippen LogP contribution >= 0.6 is 11.3 Å². The predicted octanol–water partition coefficient (Wildman–Crippen LogP) is 4.12. The molecule has 20 heavy (non-hydrogen) atoms. The highest BCUT2D eigenvalue weighted by Gasteiger charge is 2.09. The normalized spacial score (nSPS) is 11.0. The summed E-state index contributed by atoms with van der Waals surface area (Å²) in [7, 11) is 0. The van der Waals surface area contributed by atoms with Crippen molar-refractivity contribution in [3.05, 3.63) is 66.2 Å². The van der Waals surface area contributed by atoms with Gasteiger partial charge < -0.3 is 0 Å². The number of hydrogen-bond acceptors (Lipinski definition) is 3. The molecule has 1 aromatic carbocycles. The van der Waals surface area contributed by atoms with Gasteiger partial charge in [0.25, 0.3) is 0 Å². The quantitative estimate of drug-likeness (QED) is 0.551. The van der Waals surface area contributed by atoms with Gasteiger partial charge in [-0.05, 0) is 23.6 Å². The lowest BCUT2D eigenvalue weighted by Gasteiger charge is -2.02. The summed E-state index contributed by atoms with van der Waals surface area (Å²) in [5, 5.41) is 10.6. The number of fused-ring (bicyclic) bond motifs is 1. The van der Waals surface area contributed by atoms with E-state index in [1.165, 1.54) is 10.4 Å². The van der Waals surface area contributed by atoms with Crippen LogP contribution in [0.25, 0.3) is 27.5 Å². The zero-order valence-electron chi connectivity index (χ0n) is 10.6. The maximum atomic E-state index is 4.30. The third-order valence-corrected chi connectivity index (χ3v) is 4.16. The standard InChI is InChI=1S/C16H11N3S/c1-2-5-12(6-3-1)16-18-17-15-9-8-13(11-19(15)16)14-7-4-10-20-14/h1-11H. The minimum atomic E-state index is 0.865. The molecule has 0 spiro atoms. The Morgan fingerprint density at radius 2 is 1.70 bits per heavy atom. The summed E-state index contributed by atoms with van der Waals surface area (Å²) < 4.78 is 2.05. The van der Waals surface area contributed by atoms with Crippen molar-refractivity contribution in [2.24, 2.45) is 0 Å². The van der Waals surface area contributed by atoms with Crippen LogP contribution in [0.2, 0.25) is 0 Å². The number of hydrogen-bond donors (Lipinski definition) is 0. The van der Waals surface area contributed by atoms with Gasteiger partial charge >= 0.3 is 0 Å². The summed E-state index contributed by atoms with van der Waals surface area (Å²) in [6.45, 7) is 0. The monoisotopic (exact) mass is 277 g/mol. The van der Waals surface area contributed by atoms with Crippen LogP contribution in [-0.4, -0.2) is 14.6 Å². The molecule has 0 bridgehead atoms. The van der Waals surface area contributed by atoms with Crippen LogP contribution < -0.4 is 0 Å². The third kappa shape index (κ3) is 1.82. The van der Waals surface area contributed by atoms with Crippen molar-refractivity contribution in [2.45, 2.75) is 0 Å². The van der Waals surface area contributed by atoms with E-state index in [9.17, 15) is 0 Å². The van der Waals surface area contributed by atoms with Crippen LogP contribution in [-0.2, 0) is 0 Å². The van der Waals surface area contributed by atoms with Gasteiger partial charge in [0.1, 0.15) is 0 Å². The Bertz CT molecular complexity index is 848. The van der Waals surface area contributed by atoms with E-state index >= 15 is 0 Å². The van der Waals surface area contributed by atoms with Gasteiger partial charge in [-0.15, -0.1) is 21.5 Å². The van der Waals surface area contributed by atoms with Crippen LogP contribution in [0.1, 0.15) is 0 Å². The van der Waals surface area contributed by atoms with Crippen molar-refractivity contribution in [2.75, 3.05) is 0 Å². The molecule has 3 heterocycles. The van der Waals surface area contributed by atoms with Crippen LogP contribution in [0.5, 0.6) is 0 Å². The average molecular weight is 277 g/mol. The van der Waals surface area contributed by atoms with Crippen molar-refractivity contribution >= 4 is 17.0 Å². The lowest BCUT2D eigenvalue weighted by atomic mass is 10.2. The van der Waals surface area contributed by atoms with Crippen LogP contribution in [0.15, 0.2) is 66.2 Å². The summed E-state index contributed by atoms with van der Waals surface area (Å²) in [5.41, 5.74) is 3.12. The molecule has 4 aromatic rings. The molecule has 0 aliphatic carbocycles. The van der Waals surface area contributed by atoms with Crippen molar-refractivity contribution < 1.29 is 0 Å². The Hall–Kier alpha value is -2.46. The fourth-order valence-electron chi connectivity index (χ4n) is 2.26. The smallest absolute Gasteiger partial charge is 0.168 e. The lowest BCUT2D eigenvalue weighted by molar-refractivity contribution is 1.11. The second kappa shape index (κ2) is 4.58. The van der Waals surface area contributed by atoms with Gasteiger partial charge in [-0.1, -0.05) is 36.4 Å². The number of benzene rings is 1. The summed E-state index contributed by atoms with van der Waals surface area (Å²) in [6, 6.07) is 18.4. The molecule has 0 atom stereocenters. The number of nitrogens with zero attached hydrogens (tertiary/aromatic N) is 3. The van der Waals surface area contributed by atoms with Crippen molar-refractivity contribution in [1.82, 2.24) is 14.6 Å². The molecule has 0 saturated heterocycles. The zero-order chi connectivity index (χ0) is 13.4. The molecule has 0 amide bonds. The minimum absolute atomic E-state index is 0.865. The molecule has 4 heteroatoms. The maximum absolute atomic E-state index is 4.30. The van der Waals surface area contributed by atoms with Crippen LogP contribution in [0.3, 0.4) is 0 Å². The van der Waals surface area contributed by atoms with E-state index in [1.54, 1.807) is 11.3 Å². The van der Waals surface area contributed by atoms with E-state index in [4.69, 9.17) is 0 Å². The highest BCUT2D eigenvalue weighted by molar-refractivity contribution is 7.13. The fraction of sp³-hybridized carbons (Fsp3) is 0. The lowest BCUT2D eigenvalue weighted by Crippen LogP contribution is -1.89. The summed E-state index contributed by atoms with van der Waals surface area (Å²) in [6.07, 6.45) is 2.10. The van der Waals surface area contributed by atoms with Crippen molar-refractivity contribution in [1.29, 1.82) is 0 Å². The molecule has 4 rings (SSSR count). The van der Waals surface area contributed by atoms with E-state index < -0.39 is 0 Å². The Labute approximate surface area is 120 Å². The van der Waals surface area contributed by atoms with Crippen LogP contribution in [0.4, 0.5) is 0 Å². The molecule has 0 saturated carbocycles. The van der Waals surface area contributed by atoms with Gasteiger partial charge in [-0.25, -0.2) is 0 Å². The first kappa shape index (κ1) is 11.4. The predicted molar refractivity (Wildman–Crippen MR) is 81.7 cm³/mol. The fourth-order valence-corrected chi connectivity index (χ4v) is 2.98. The number of aromatic nitrogens is 3. The molecule has 0 radical (unpaired) electrons. The maximum Gasteiger partial charge on any atom is 0.168 e. The Balaban J connectivity index is 1.93. The number of thiophene rings is 1. The number of pyridine rings is 1. The van der Waals surface area contributed by atoms with Gasteiger partial charge in [-0.3, -0.25) is 4.40 Å². The van der Waals surface area contributed by atoms with E-state index in [2.05, 4.69) is 40.0 Å². The van der Waals surface area contributed by atoms with Crippen molar-refractivity contribution in [3.8, 4) is 21.8 Å². The first-order valence-electron chi connectivity index (χ1n) is 6.36. The molecule has 0 aliphatic heterocycles. The summed E-state index contributed by atoms with van der Waals surface area (Å²) in [5.74, 6) is 0.874. The summed E-state index contributed by atoms with van der Waals surface area (Å²) >= 11 is 1.73. The van der Waals surface area contributed by atoms with Gasteiger partial charge in [0.05, 0.1) is 0 Å². The van der Waals surface area contributed by atoms with Gasteiger partial charge in [0.15, 0.2) is 11.5 Å². The first-order valence-corrected chi connectivity index (χ1v) is 7.24. The van der Waals surface area contributed by atoms with Gasteiger partial charge in [0, 0.05) is 22.2 Å². The largest absolute Gasteiger partial charge is 0.282 e.